The highest BCUT2D eigenvalue weighted by Crippen LogP contribution is 2.11. The van der Waals surface area contributed by atoms with Gasteiger partial charge in [-0.1, -0.05) is 64.7 Å². The predicted octanol–water partition coefficient (Wildman–Crippen LogP) is 4.67. The van der Waals surface area contributed by atoms with Crippen LogP contribution in [-0.4, -0.2) is 41.1 Å². The van der Waals surface area contributed by atoms with Gasteiger partial charge in [-0.15, -0.1) is 0 Å². The van der Waals surface area contributed by atoms with E-state index in [1.165, 1.54) is 70.8 Å². The molecule has 0 aromatic carbocycles. The van der Waals surface area contributed by atoms with E-state index in [2.05, 4.69) is 36.2 Å². The Balaban J connectivity index is 0.000000980. The number of hydrogen-bond acceptors (Lipinski definition) is 3. The van der Waals surface area contributed by atoms with Gasteiger partial charge in [0.1, 0.15) is 0 Å². The van der Waals surface area contributed by atoms with Crippen molar-refractivity contribution in [3.63, 3.8) is 0 Å². The standard InChI is InChI=1S/C16H32N2.C2H4O2/c1-3-4-5-6-7-8-9-10-11-12-13-18-15-14-17(2)16-18;1-2(3)4/h14-15H,3-13,16H2,1-2H3;1H3,(H,3,4). The lowest BCUT2D eigenvalue weighted by Crippen LogP contribution is -2.23. The van der Waals surface area contributed by atoms with Gasteiger partial charge in [0.05, 0.1) is 6.67 Å². The van der Waals surface area contributed by atoms with Gasteiger partial charge in [0.15, 0.2) is 0 Å². The average Bonchev–Trinajstić information content (AvgIpc) is 2.86. The zero-order chi connectivity index (χ0) is 16.6. The van der Waals surface area contributed by atoms with Crippen LogP contribution in [0.15, 0.2) is 12.4 Å². The first kappa shape index (κ1) is 20.8. The van der Waals surface area contributed by atoms with Crippen LogP contribution in [0.3, 0.4) is 0 Å². The van der Waals surface area contributed by atoms with Gasteiger partial charge in [0.25, 0.3) is 5.97 Å². The van der Waals surface area contributed by atoms with Crippen LogP contribution in [0.1, 0.15) is 78.1 Å². The third-order valence-electron chi connectivity index (χ3n) is 3.74. The molecule has 0 radical (unpaired) electrons. The second-order valence-corrected chi connectivity index (χ2v) is 6.21. The first-order chi connectivity index (χ1) is 10.6. The molecule has 0 aromatic heterocycles. The summed E-state index contributed by atoms with van der Waals surface area (Å²) in [6.07, 6.45) is 18.6. The van der Waals surface area contributed by atoms with Gasteiger partial charge < -0.3 is 14.9 Å². The summed E-state index contributed by atoms with van der Waals surface area (Å²) in [6, 6.07) is 0. The SMILES string of the molecule is CC(=O)O.CCCCCCCCCCCCN1C=CN(C)C1. The number of hydrogen-bond donors (Lipinski definition) is 1. The van der Waals surface area contributed by atoms with Gasteiger partial charge >= 0.3 is 0 Å². The van der Waals surface area contributed by atoms with Crippen LogP contribution >= 0.6 is 0 Å². The number of carboxylic acid groups (broad SMARTS) is 1. The first-order valence-electron chi connectivity index (χ1n) is 8.88. The summed E-state index contributed by atoms with van der Waals surface area (Å²) in [7, 11) is 2.13. The van der Waals surface area contributed by atoms with Crippen molar-refractivity contribution in [2.24, 2.45) is 0 Å². The number of carbonyl (C=O) groups is 1. The van der Waals surface area contributed by atoms with E-state index < -0.39 is 5.97 Å². The maximum atomic E-state index is 9.00. The topological polar surface area (TPSA) is 43.8 Å². The van der Waals surface area contributed by atoms with Crippen molar-refractivity contribution < 1.29 is 9.90 Å². The molecule has 4 nitrogen and oxygen atoms in total. The number of carboxylic acids is 1. The molecule has 0 aliphatic carbocycles. The number of nitrogens with zero attached hydrogens (tertiary/aromatic N) is 2. The van der Waals surface area contributed by atoms with Crippen molar-refractivity contribution in [2.75, 3.05) is 20.3 Å². The van der Waals surface area contributed by atoms with E-state index in [0.717, 1.165) is 13.6 Å². The number of unbranched alkanes of at least 4 members (excludes halogenated alkanes) is 9. The maximum absolute atomic E-state index is 9.00. The minimum Gasteiger partial charge on any atom is -0.481 e. The molecule has 0 spiro atoms. The summed E-state index contributed by atoms with van der Waals surface area (Å²) in [5.74, 6) is -0.833. The Hall–Kier alpha value is -1.19. The van der Waals surface area contributed by atoms with Gasteiger partial charge in [0, 0.05) is 32.9 Å². The van der Waals surface area contributed by atoms with Crippen LogP contribution < -0.4 is 0 Å². The van der Waals surface area contributed by atoms with Crippen LogP contribution in [-0.2, 0) is 4.79 Å². The highest BCUT2D eigenvalue weighted by molar-refractivity contribution is 5.62. The van der Waals surface area contributed by atoms with Gasteiger partial charge in [-0.3, -0.25) is 4.79 Å². The van der Waals surface area contributed by atoms with Gasteiger partial charge in [-0.25, -0.2) is 0 Å². The Kier molecular flexibility index (Phi) is 13.9. The summed E-state index contributed by atoms with van der Waals surface area (Å²) in [5, 5.41) is 7.42. The Morgan fingerprint density at radius 1 is 0.955 bits per heavy atom. The fourth-order valence-electron chi connectivity index (χ4n) is 2.54. The summed E-state index contributed by atoms with van der Waals surface area (Å²) in [5.41, 5.74) is 0. The second-order valence-electron chi connectivity index (χ2n) is 6.21. The Labute approximate surface area is 137 Å². The van der Waals surface area contributed by atoms with E-state index in [1.54, 1.807) is 0 Å². The average molecular weight is 312 g/mol. The molecule has 0 saturated carbocycles. The van der Waals surface area contributed by atoms with Gasteiger partial charge in [-0.2, -0.15) is 0 Å². The molecule has 1 rings (SSSR count). The third kappa shape index (κ3) is 15.2. The molecule has 4 heteroatoms. The van der Waals surface area contributed by atoms with E-state index in [0.29, 0.717) is 0 Å². The zero-order valence-corrected chi connectivity index (χ0v) is 14.9. The van der Waals surface area contributed by atoms with Crippen LogP contribution in [0.2, 0.25) is 0 Å². The van der Waals surface area contributed by atoms with Crippen molar-refractivity contribution in [1.82, 2.24) is 9.80 Å². The summed E-state index contributed by atoms with van der Waals surface area (Å²) >= 11 is 0. The van der Waals surface area contributed by atoms with Crippen LogP contribution in [0, 0.1) is 0 Å². The lowest BCUT2D eigenvalue weighted by Gasteiger charge is -2.17. The lowest BCUT2D eigenvalue weighted by molar-refractivity contribution is -0.134. The minimum absolute atomic E-state index is 0.833. The van der Waals surface area contributed by atoms with Crippen molar-refractivity contribution >= 4 is 5.97 Å². The minimum atomic E-state index is -0.833. The van der Waals surface area contributed by atoms with E-state index in [4.69, 9.17) is 9.90 Å². The number of aliphatic carboxylic acids is 1. The van der Waals surface area contributed by atoms with Gasteiger partial charge in [0.2, 0.25) is 0 Å². The van der Waals surface area contributed by atoms with Crippen LogP contribution in [0.5, 0.6) is 0 Å². The Bertz CT molecular complexity index is 289. The molecule has 1 aliphatic rings. The normalized spacial score (nSPS) is 13.2. The highest BCUT2D eigenvalue weighted by Gasteiger charge is 2.06. The fourth-order valence-corrected chi connectivity index (χ4v) is 2.54. The molecule has 22 heavy (non-hydrogen) atoms. The molecular weight excluding hydrogens is 276 g/mol. The maximum Gasteiger partial charge on any atom is 0.300 e. The fraction of sp³-hybridized carbons (Fsp3) is 0.833. The second kappa shape index (κ2) is 14.7. The highest BCUT2D eigenvalue weighted by atomic mass is 16.4. The quantitative estimate of drug-likeness (QED) is 0.563. The number of rotatable bonds is 11. The van der Waals surface area contributed by atoms with E-state index >= 15 is 0 Å². The van der Waals surface area contributed by atoms with Crippen molar-refractivity contribution in [2.45, 2.75) is 78.1 Å². The lowest BCUT2D eigenvalue weighted by atomic mass is 10.1. The molecule has 1 heterocycles. The molecule has 0 unspecified atom stereocenters. The predicted molar refractivity (Wildman–Crippen MR) is 93.6 cm³/mol. The molecule has 0 aromatic rings. The van der Waals surface area contributed by atoms with Crippen LogP contribution in [0.25, 0.3) is 0 Å². The molecule has 130 valence electrons. The van der Waals surface area contributed by atoms with Crippen molar-refractivity contribution in [3.8, 4) is 0 Å². The first-order valence-corrected chi connectivity index (χ1v) is 8.88. The Morgan fingerprint density at radius 3 is 1.82 bits per heavy atom. The zero-order valence-electron chi connectivity index (χ0n) is 14.9. The monoisotopic (exact) mass is 312 g/mol. The largest absolute Gasteiger partial charge is 0.481 e. The molecule has 1 aliphatic heterocycles. The summed E-state index contributed by atoms with van der Waals surface area (Å²) in [4.78, 5) is 13.6. The molecule has 0 amide bonds. The smallest absolute Gasteiger partial charge is 0.300 e. The Morgan fingerprint density at radius 2 is 1.41 bits per heavy atom. The summed E-state index contributed by atoms with van der Waals surface area (Å²) in [6.45, 7) is 5.68. The third-order valence-corrected chi connectivity index (χ3v) is 3.74. The van der Waals surface area contributed by atoms with E-state index in [-0.39, 0.29) is 0 Å². The van der Waals surface area contributed by atoms with Crippen molar-refractivity contribution in [3.05, 3.63) is 12.4 Å². The van der Waals surface area contributed by atoms with E-state index in [1.807, 2.05) is 0 Å². The van der Waals surface area contributed by atoms with E-state index in [9.17, 15) is 0 Å². The van der Waals surface area contributed by atoms with Gasteiger partial charge in [-0.05, 0) is 6.42 Å². The molecule has 0 fully saturated rings. The summed E-state index contributed by atoms with van der Waals surface area (Å²) < 4.78 is 0. The van der Waals surface area contributed by atoms with Crippen molar-refractivity contribution in [1.29, 1.82) is 0 Å². The van der Waals surface area contributed by atoms with Crippen LogP contribution in [0.4, 0.5) is 0 Å². The molecular formula is C18H36N2O2. The molecule has 0 bridgehead atoms. The molecule has 0 saturated heterocycles. The molecule has 1 N–H and O–H groups in total. The molecule has 0 atom stereocenters.